The van der Waals surface area contributed by atoms with Gasteiger partial charge in [0.1, 0.15) is 12.3 Å². The minimum absolute atomic E-state index is 0. The molecule has 0 aliphatic carbocycles. The molecule has 9 heteroatoms. The number of rotatable bonds is 6. The fourth-order valence-corrected chi connectivity index (χ4v) is 3.05. The molecule has 0 aromatic carbocycles. The van der Waals surface area contributed by atoms with E-state index in [4.69, 9.17) is 10.5 Å². The molecule has 0 spiro atoms. The monoisotopic (exact) mass is 429 g/mol. The first-order chi connectivity index (χ1) is 12.5. The summed E-state index contributed by atoms with van der Waals surface area (Å²) in [5.41, 5.74) is 7.95. The Morgan fingerprint density at radius 3 is 2.29 bits per heavy atom. The van der Waals surface area contributed by atoms with Gasteiger partial charge < -0.3 is 15.6 Å². The van der Waals surface area contributed by atoms with E-state index in [0.29, 0.717) is 6.01 Å². The molecule has 1 aliphatic heterocycles. The van der Waals surface area contributed by atoms with Crippen molar-refractivity contribution in [3.63, 3.8) is 0 Å². The fourth-order valence-electron chi connectivity index (χ4n) is 3.05. The topological polar surface area (TPSA) is 97.4 Å². The molecule has 1 fully saturated rings. The molecule has 3 heterocycles. The van der Waals surface area contributed by atoms with E-state index in [1.807, 2.05) is 30.9 Å². The molecule has 28 heavy (non-hydrogen) atoms. The molecule has 0 radical (unpaired) electrons. The standard InChI is InChI=1S/C19H27N5O2.2ClH/c1-13(2)17(20)18(25)24-8-5-16(6-9-24)26-19-22-11-15(12-23-19)14-4-3-7-21-10-14;;/h3-4,7,10-13,16-18,25H,5-6,8-9,20H2,1-2H3;2*1H/t17?,18-;;/m0../s1. The second-order valence-electron chi connectivity index (χ2n) is 7.08. The number of halogens is 2. The maximum Gasteiger partial charge on any atom is 0.316 e. The van der Waals surface area contributed by atoms with Crippen molar-refractivity contribution < 1.29 is 9.84 Å². The van der Waals surface area contributed by atoms with Gasteiger partial charge in [-0.25, -0.2) is 9.97 Å². The lowest BCUT2D eigenvalue weighted by molar-refractivity contribution is -0.0510. The van der Waals surface area contributed by atoms with Gasteiger partial charge in [0.2, 0.25) is 0 Å². The van der Waals surface area contributed by atoms with Crippen LogP contribution >= 0.6 is 24.8 Å². The zero-order valence-corrected chi connectivity index (χ0v) is 17.8. The Bertz CT molecular complexity index is 682. The molecule has 1 unspecified atom stereocenters. The summed E-state index contributed by atoms with van der Waals surface area (Å²) in [4.78, 5) is 14.7. The van der Waals surface area contributed by atoms with E-state index in [9.17, 15) is 5.11 Å². The third kappa shape index (κ3) is 6.25. The van der Waals surface area contributed by atoms with Gasteiger partial charge in [-0.05, 0) is 24.8 Å². The molecule has 1 saturated heterocycles. The zero-order valence-electron chi connectivity index (χ0n) is 16.1. The first-order valence-corrected chi connectivity index (χ1v) is 9.11. The van der Waals surface area contributed by atoms with Crippen molar-refractivity contribution in [2.75, 3.05) is 13.1 Å². The normalized spacial score (nSPS) is 17.3. The van der Waals surface area contributed by atoms with Gasteiger partial charge >= 0.3 is 6.01 Å². The molecular weight excluding hydrogens is 401 g/mol. The molecular formula is C19H29Cl2N5O2. The molecule has 1 aliphatic rings. The smallest absolute Gasteiger partial charge is 0.316 e. The minimum Gasteiger partial charge on any atom is -0.460 e. The summed E-state index contributed by atoms with van der Waals surface area (Å²) < 4.78 is 5.90. The van der Waals surface area contributed by atoms with Crippen molar-refractivity contribution in [2.24, 2.45) is 11.7 Å². The summed E-state index contributed by atoms with van der Waals surface area (Å²) in [5.74, 6) is 0.241. The predicted molar refractivity (Wildman–Crippen MR) is 114 cm³/mol. The number of pyridine rings is 1. The van der Waals surface area contributed by atoms with E-state index in [1.165, 1.54) is 0 Å². The Morgan fingerprint density at radius 2 is 1.75 bits per heavy atom. The lowest BCUT2D eigenvalue weighted by atomic mass is 10.0. The summed E-state index contributed by atoms with van der Waals surface area (Å²) in [6.07, 6.45) is 8.09. The predicted octanol–water partition coefficient (Wildman–Crippen LogP) is 2.53. The molecule has 2 aromatic rings. The van der Waals surface area contributed by atoms with Gasteiger partial charge in [-0.3, -0.25) is 9.88 Å². The second kappa shape index (κ2) is 11.5. The quantitative estimate of drug-likeness (QED) is 0.727. The highest BCUT2D eigenvalue weighted by molar-refractivity contribution is 5.85. The van der Waals surface area contributed by atoms with Crippen LogP contribution in [-0.2, 0) is 0 Å². The van der Waals surface area contributed by atoms with Gasteiger partial charge in [-0.1, -0.05) is 19.9 Å². The van der Waals surface area contributed by atoms with Crippen LogP contribution in [0.5, 0.6) is 6.01 Å². The Hall–Kier alpha value is -1.51. The number of likely N-dealkylation sites (tertiary alicyclic amines) is 1. The Morgan fingerprint density at radius 1 is 1.11 bits per heavy atom. The van der Waals surface area contributed by atoms with Crippen LogP contribution in [0.15, 0.2) is 36.9 Å². The molecule has 0 saturated carbocycles. The van der Waals surface area contributed by atoms with E-state index < -0.39 is 6.23 Å². The number of hydrogen-bond donors (Lipinski definition) is 2. The first kappa shape index (κ1) is 24.5. The molecule has 2 aromatic heterocycles. The Balaban J connectivity index is 0.00000196. The van der Waals surface area contributed by atoms with Crippen LogP contribution in [0.4, 0.5) is 0 Å². The average Bonchev–Trinajstić information content (AvgIpc) is 2.68. The average molecular weight is 430 g/mol. The van der Waals surface area contributed by atoms with Crippen molar-refractivity contribution in [3.05, 3.63) is 36.9 Å². The van der Waals surface area contributed by atoms with Crippen LogP contribution in [0.25, 0.3) is 11.1 Å². The number of ether oxygens (including phenoxy) is 1. The fraction of sp³-hybridized carbons (Fsp3) is 0.526. The van der Waals surface area contributed by atoms with E-state index in [-0.39, 0.29) is 42.9 Å². The lowest BCUT2D eigenvalue weighted by Gasteiger charge is -2.37. The second-order valence-corrected chi connectivity index (χ2v) is 7.08. The summed E-state index contributed by atoms with van der Waals surface area (Å²) in [5, 5.41) is 10.4. The summed E-state index contributed by atoms with van der Waals surface area (Å²) in [6, 6.07) is 3.99. The first-order valence-electron chi connectivity index (χ1n) is 9.11. The zero-order chi connectivity index (χ0) is 18.5. The minimum atomic E-state index is -0.606. The van der Waals surface area contributed by atoms with E-state index in [0.717, 1.165) is 37.1 Å². The molecule has 3 rings (SSSR count). The Kier molecular flexibility index (Phi) is 10.1. The lowest BCUT2D eigenvalue weighted by Crippen LogP contribution is -2.53. The number of aliphatic hydroxyl groups excluding tert-OH is 1. The number of aromatic nitrogens is 3. The van der Waals surface area contributed by atoms with Crippen LogP contribution < -0.4 is 10.5 Å². The van der Waals surface area contributed by atoms with Crippen LogP contribution in [0.1, 0.15) is 26.7 Å². The summed E-state index contributed by atoms with van der Waals surface area (Å²) in [7, 11) is 0. The highest BCUT2D eigenvalue weighted by Gasteiger charge is 2.29. The van der Waals surface area contributed by atoms with Crippen LogP contribution in [0.3, 0.4) is 0 Å². The van der Waals surface area contributed by atoms with E-state index >= 15 is 0 Å². The van der Waals surface area contributed by atoms with Gasteiger partial charge in [-0.15, -0.1) is 24.8 Å². The molecule has 2 atom stereocenters. The SMILES string of the molecule is CC(C)C(N)[C@H](O)N1CCC(Oc2ncc(-c3cccnc3)cn2)CC1.Cl.Cl. The number of aliphatic hydroxyl groups is 1. The number of nitrogens with zero attached hydrogens (tertiary/aromatic N) is 4. The molecule has 156 valence electrons. The van der Waals surface area contributed by atoms with Gasteiger partial charge in [-0.2, -0.15) is 0 Å². The van der Waals surface area contributed by atoms with Crippen LogP contribution in [0, 0.1) is 5.92 Å². The molecule has 7 nitrogen and oxygen atoms in total. The van der Waals surface area contributed by atoms with Crippen molar-refractivity contribution >= 4 is 24.8 Å². The molecule has 0 amide bonds. The largest absolute Gasteiger partial charge is 0.460 e. The van der Waals surface area contributed by atoms with E-state index in [1.54, 1.807) is 24.8 Å². The van der Waals surface area contributed by atoms with E-state index in [2.05, 4.69) is 15.0 Å². The summed E-state index contributed by atoms with van der Waals surface area (Å²) >= 11 is 0. The molecule has 3 N–H and O–H groups in total. The Labute approximate surface area is 178 Å². The van der Waals surface area contributed by atoms with Crippen LogP contribution in [-0.4, -0.2) is 56.4 Å². The van der Waals surface area contributed by atoms with Gasteiger partial charge in [0.05, 0.1) is 0 Å². The van der Waals surface area contributed by atoms with Crippen molar-refractivity contribution in [2.45, 2.75) is 45.1 Å². The maximum atomic E-state index is 10.4. The van der Waals surface area contributed by atoms with Gasteiger partial charge in [0.25, 0.3) is 0 Å². The maximum absolute atomic E-state index is 10.4. The number of nitrogens with two attached hydrogens (primary N) is 1. The van der Waals surface area contributed by atoms with Crippen LogP contribution in [0.2, 0.25) is 0 Å². The third-order valence-corrected chi connectivity index (χ3v) is 4.86. The van der Waals surface area contributed by atoms with Crippen molar-refractivity contribution in [3.8, 4) is 17.1 Å². The third-order valence-electron chi connectivity index (χ3n) is 4.86. The number of piperidine rings is 1. The van der Waals surface area contributed by atoms with Crippen molar-refractivity contribution in [1.29, 1.82) is 0 Å². The highest BCUT2D eigenvalue weighted by Crippen LogP contribution is 2.21. The van der Waals surface area contributed by atoms with Gasteiger partial charge in [0, 0.05) is 55.0 Å². The highest BCUT2D eigenvalue weighted by atomic mass is 35.5. The molecule has 0 bridgehead atoms. The van der Waals surface area contributed by atoms with Gasteiger partial charge in [0.15, 0.2) is 0 Å². The van der Waals surface area contributed by atoms with Crippen molar-refractivity contribution in [1.82, 2.24) is 19.9 Å². The number of hydrogen-bond acceptors (Lipinski definition) is 7. The summed E-state index contributed by atoms with van der Waals surface area (Å²) in [6.45, 7) is 5.55.